The fraction of sp³-hybridized carbons (Fsp3) is 0.667. The molecule has 0 radical (unpaired) electrons. The molecular formula is C18H30O3Si. The Kier molecular flexibility index (Phi) is 5.83. The Labute approximate surface area is 136 Å². The minimum Gasteiger partial charge on any atom is -0.417 e. The molecule has 1 aromatic carbocycles. The third-order valence-electron chi connectivity index (χ3n) is 4.75. The third kappa shape index (κ3) is 5.20. The Morgan fingerprint density at radius 3 is 2.41 bits per heavy atom. The van der Waals surface area contributed by atoms with E-state index in [1.807, 2.05) is 18.2 Å². The van der Waals surface area contributed by atoms with Gasteiger partial charge in [0.1, 0.15) is 6.10 Å². The number of benzene rings is 1. The first-order valence-electron chi connectivity index (χ1n) is 8.21. The van der Waals surface area contributed by atoms with Gasteiger partial charge in [0, 0.05) is 6.61 Å². The highest BCUT2D eigenvalue weighted by Gasteiger charge is 2.40. The maximum absolute atomic E-state index is 6.18. The number of ether oxygens (including phenoxy) is 2. The average molecular weight is 323 g/mol. The number of rotatable bonds is 8. The molecule has 0 bridgehead atoms. The molecule has 1 aliphatic rings. The third-order valence-corrected chi connectivity index (χ3v) is 9.29. The van der Waals surface area contributed by atoms with Gasteiger partial charge in [0.05, 0.1) is 19.3 Å². The first-order valence-corrected chi connectivity index (χ1v) is 11.1. The van der Waals surface area contributed by atoms with E-state index in [0.29, 0.717) is 19.3 Å². The Balaban J connectivity index is 1.57. The second-order valence-electron chi connectivity index (χ2n) is 7.61. The predicted octanol–water partition coefficient (Wildman–Crippen LogP) is 4.38. The summed E-state index contributed by atoms with van der Waals surface area (Å²) in [6.07, 6.45) is 1.55. The van der Waals surface area contributed by atoms with Crippen molar-refractivity contribution in [3.63, 3.8) is 0 Å². The van der Waals surface area contributed by atoms with Crippen LogP contribution in [-0.4, -0.2) is 33.7 Å². The molecule has 1 aromatic rings. The first-order chi connectivity index (χ1) is 10.3. The van der Waals surface area contributed by atoms with Gasteiger partial charge in [-0.3, -0.25) is 0 Å². The molecule has 0 aliphatic carbocycles. The highest BCUT2D eigenvalue weighted by Crippen LogP contribution is 2.37. The van der Waals surface area contributed by atoms with Gasteiger partial charge in [0.15, 0.2) is 8.32 Å². The number of hydrogen-bond donors (Lipinski definition) is 0. The van der Waals surface area contributed by atoms with Crippen LogP contribution in [0.2, 0.25) is 18.1 Å². The lowest BCUT2D eigenvalue weighted by Crippen LogP contribution is -2.41. The zero-order valence-corrected chi connectivity index (χ0v) is 15.6. The van der Waals surface area contributed by atoms with Crippen LogP contribution in [0.15, 0.2) is 30.3 Å². The molecule has 0 saturated carbocycles. The molecule has 0 aromatic heterocycles. The summed E-state index contributed by atoms with van der Waals surface area (Å²) < 4.78 is 17.6. The Bertz CT molecular complexity index is 453. The van der Waals surface area contributed by atoms with Crippen LogP contribution in [0.4, 0.5) is 0 Å². The van der Waals surface area contributed by atoms with E-state index in [1.54, 1.807) is 0 Å². The van der Waals surface area contributed by atoms with Gasteiger partial charge in [-0.15, -0.1) is 0 Å². The molecule has 4 heteroatoms. The molecule has 1 aliphatic heterocycles. The molecule has 22 heavy (non-hydrogen) atoms. The van der Waals surface area contributed by atoms with E-state index < -0.39 is 8.32 Å². The largest absolute Gasteiger partial charge is 0.417 e. The Morgan fingerprint density at radius 2 is 1.77 bits per heavy atom. The van der Waals surface area contributed by atoms with Crippen LogP contribution in [0.3, 0.4) is 0 Å². The average Bonchev–Trinajstić information content (AvgIpc) is 3.17. The van der Waals surface area contributed by atoms with E-state index in [2.05, 4.69) is 46.0 Å². The van der Waals surface area contributed by atoms with Gasteiger partial charge in [0.2, 0.25) is 0 Å². The maximum Gasteiger partial charge on any atom is 0.191 e. The van der Waals surface area contributed by atoms with Crippen LogP contribution < -0.4 is 0 Å². The number of hydrogen-bond acceptors (Lipinski definition) is 3. The highest BCUT2D eigenvalue weighted by atomic mass is 28.4. The second kappa shape index (κ2) is 7.26. The molecule has 0 unspecified atom stereocenters. The van der Waals surface area contributed by atoms with Crippen molar-refractivity contribution in [2.45, 2.75) is 64.1 Å². The minimum atomic E-state index is -1.62. The van der Waals surface area contributed by atoms with Crippen molar-refractivity contribution >= 4 is 8.32 Å². The van der Waals surface area contributed by atoms with E-state index in [9.17, 15) is 0 Å². The normalized spacial score (nSPS) is 21.9. The standard InChI is InChI=1S/C18H30O3Si/c1-18(2,3)22(4,5)20-12-11-16-17(21-16)14-19-13-15-9-7-6-8-10-15/h6-10,16-17H,11-14H2,1-5H3/t16-,17+/m0/s1. The lowest BCUT2D eigenvalue weighted by Gasteiger charge is -2.36. The maximum atomic E-state index is 6.18. The van der Waals surface area contributed by atoms with E-state index in [1.165, 1.54) is 5.56 Å². The van der Waals surface area contributed by atoms with Crippen molar-refractivity contribution < 1.29 is 13.9 Å². The van der Waals surface area contributed by atoms with Crippen LogP contribution in [0.1, 0.15) is 32.8 Å². The van der Waals surface area contributed by atoms with Gasteiger partial charge in [-0.1, -0.05) is 51.1 Å². The Hall–Kier alpha value is -0.683. The molecule has 0 spiro atoms. The number of epoxide rings is 1. The summed E-state index contributed by atoms with van der Waals surface area (Å²) in [6.45, 7) is 13.5. The molecule has 2 rings (SSSR count). The first kappa shape index (κ1) is 17.7. The zero-order valence-electron chi connectivity index (χ0n) is 14.6. The van der Waals surface area contributed by atoms with Gasteiger partial charge < -0.3 is 13.9 Å². The van der Waals surface area contributed by atoms with Crippen molar-refractivity contribution in [2.75, 3.05) is 13.2 Å². The lowest BCUT2D eigenvalue weighted by molar-refractivity contribution is 0.104. The topological polar surface area (TPSA) is 31.0 Å². The molecule has 0 amide bonds. The zero-order chi connectivity index (χ0) is 16.2. The molecule has 2 atom stereocenters. The summed E-state index contributed by atoms with van der Waals surface area (Å²) in [6, 6.07) is 10.3. The van der Waals surface area contributed by atoms with Crippen LogP contribution in [0.5, 0.6) is 0 Å². The van der Waals surface area contributed by atoms with Gasteiger partial charge in [-0.2, -0.15) is 0 Å². The fourth-order valence-corrected chi connectivity index (χ4v) is 3.15. The van der Waals surface area contributed by atoms with Crippen LogP contribution in [0.25, 0.3) is 0 Å². The summed E-state index contributed by atoms with van der Waals surface area (Å²) in [5, 5.41) is 0.273. The summed E-state index contributed by atoms with van der Waals surface area (Å²) in [4.78, 5) is 0. The van der Waals surface area contributed by atoms with E-state index >= 15 is 0 Å². The van der Waals surface area contributed by atoms with Gasteiger partial charge >= 0.3 is 0 Å². The molecule has 1 fully saturated rings. The molecule has 1 saturated heterocycles. The van der Waals surface area contributed by atoms with E-state index in [0.717, 1.165) is 13.0 Å². The van der Waals surface area contributed by atoms with Gasteiger partial charge in [0.25, 0.3) is 0 Å². The smallest absolute Gasteiger partial charge is 0.191 e. The lowest BCUT2D eigenvalue weighted by atomic mass is 10.2. The Morgan fingerprint density at radius 1 is 1.09 bits per heavy atom. The van der Waals surface area contributed by atoms with Crippen LogP contribution >= 0.6 is 0 Å². The van der Waals surface area contributed by atoms with E-state index in [-0.39, 0.29) is 11.1 Å². The van der Waals surface area contributed by atoms with Gasteiger partial charge in [-0.05, 0) is 30.1 Å². The molecule has 1 heterocycles. The van der Waals surface area contributed by atoms with Crippen LogP contribution in [-0.2, 0) is 20.5 Å². The van der Waals surface area contributed by atoms with Crippen molar-refractivity contribution in [1.82, 2.24) is 0 Å². The second-order valence-corrected chi connectivity index (χ2v) is 12.4. The summed E-state index contributed by atoms with van der Waals surface area (Å²) in [5.41, 5.74) is 1.21. The fourth-order valence-electron chi connectivity index (χ4n) is 2.09. The van der Waals surface area contributed by atoms with Crippen molar-refractivity contribution in [1.29, 1.82) is 0 Å². The van der Waals surface area contributed by atoms with Crippen molar-refractivity contribution in [2.24, 2.45) is 0 Å². The highest BCUT2D eigenvalue weighted by molar-refractivity contribution is 6.74. The van der Waals surface area contributed by atoms with Crippen molar-refractivity contribution in [3.05, 3.63) is 35.9 Å². The SMILES string of the molecule is CC(C)(C)[Si](C)(C)OCC[C@@H]1O[C@@H]1COCc1ccccc1. The molecule has 3 nitrogen and oxygen atoms in total. The quantitative estimate of drug-likeness (QED) is 0.525. The monoisotopic (exact) mass is 322 g/mol. The van der Waals surface area contributed by atoms with Crippen LogP contribution in [0, 0.1) is 0 Å². The molecular weight excluding hydrogens is 292 g/mol. The summed E-state index contributed by atoms with van der Waals surface area (Å²) >= 11 is 0. The summed E-state index contributed by atoms with van der Waals surface area (Å²) in [5.74, 6) is 0. The van der Waals surface area contributed by atoms with E-state index in [4.69, 9.17) is 13.9 Å². The summed E-state index contributed by atoms with van der Waals surface area (Å²) in [7, 11) is -1.62. The molecule has 0 N–H and O–H groups in total. The molecule has 124 valence electrons. The van der Waals surface area contributed by atoms with Gasteiger partial charge in [-0.25, -0.2) is 0 Å². The minimum absolute atomic E-state index is 0.256. The predicted molar refractivity (Wildman–Crippen MR) is 92.5 cm³/mol. The van der Waals surface area contributed by atoms with Crippen molar-refractivity contribution in [3.8, 4) is 0 Å².